The van der Waals surface area contributed by atoms with Crippen LogP contribution in [0.15, 0.2) is 0 Å². The number of hydrogen-bond donors (Lipinski definition) is 1. The summed E-state index contributed by atoms with van der Waals surface area (Å²) in [5, 5.41) is 6.34. The summed E-state index contributed by atoms with van der Waals surface area (Å²) in [5.41, 5.74) is 0. The first kappa shape index (κ1) is 14.9. The molecule has 1 heterocycles. The van der Waals surface area contributed by atoms with Gasteiger partial charge in [-0.2, -0.15) is 17.8 Å². The van der Waals surface area contributed by atoms with Crippen molar-refractivity contribution in [3.05, 3.63) is 0 Å². The normalized spacial score (nSPS) is 31.6. The van der Waals surface area contributed by atoms with Gasteiger partial charge in [0, 0.05) is 42.6 Å². The molecular weight excluding hydrogens is 239 g/mol. The topological polar surface area (TPSA) is 72.6 Å². The van der Waals surface area contributed by atoms with Gasteiger partial charge in [0.25, 0.3) is 0 Å². The molecule has 2 aliphatic rings. The first-order valence-corrected chi connectivity index (χ1v) is 6.99. The summed E-state index contributed by atoms with van der Waals surface area (Å²) in [4.78, 5) is 0. The van der Waals surface area contributed by atoms with Crippen molar-refractivity contribution in [1.82, 2.24) is 5.06 Å². The second kappa shape index (κ2) is 6.13. The van der Waals surface area contributed by atoms with Crippen LogP contribution in [-0.2, 0) is 14.6 Å². The van der Waals surface area contributed by atoms with Crippen LogP contribution in [0.2, 0.25) is 0 Å². The summed E-state index contributed by atoms with van der Waals surface area (Å²) in [7, 11) is -3.84. The summed E-state index contributed by atoms with van der Waals surface area (Å²) < 4.78 is 26.3. The molecule has 1 saturated heterocycles. The zero-order valence-electron chi connectivity index (χ0n) is 9.76. The van der Waals surface area contributed by atoms with Crippen molar-refractivity contribution in [3.8, 4) is 0 Å². The smallest absolute Gasteiger partial charge is 0.204 e. The molecule has 7 heteroatoms. The first-order valence-electron chi connectivity index (χ1n) is 5.52. The molecule has 1 radical (unpaired) electrons. The van der Waals surface area contributed by atoms with Crippen molar-refractivity contribution in [2.24, 2.45) is 17.0 Å². The number of nitrogens with two attached hydrogens (primary N) is 1. The van der Waals surface area contributed by atoms with Crippen LogP contribution in [0.3, 0.4) is 0 Å². The van der Waals surface area contributed by atoms with Gasteiger partial charge < -0.3 is 0 Å². The molecular formula is C9H18N2NaO3S. The molecule has 1 aliphatic carbocycles. The number of hydroxylamine groups is 2. The van der Waals surface area contributed by atoms with Crippen LogP contribution in [0.1, 0.15) is 32.1 Å². The molecule has 0 spiro atoms. The zero-order valence-corrected chi connectivity index (χ0v) is 12.6. The molecule has 0 amide bonds. The minimum Gasteiger partial charge on any atom is -0.204 e. The molecule has 2 N–H and O–H groups in total. The number of hydrogen-bond acceptors (Lipinski definition) is 4. The molecule has 2 rings (SSSR count). The fourth-order valence-corrected chi connectivity index (χ4v) is 3.21. The SMILES string of the molecule is NS(=O)(=O)ON1CCC2CCCCC2C1.[Na]. The van der Waals surface area contributed by atoms with Crippen LogP contribution in [0.25, 0.3) is 0 Å². The Morgan fingerprint density at radius 3 is 2.38 bits per heavy atom. The molecule has 2 unspecified atom stereocenters. The predicted molar refractivity (Wildman–Crippen MR) is 61.6 cm³/mol. The Hall–Kier alpha value is 0.830. The van der Waals surface area contributed by atoms with Gasteiger partial charge in [0.1, 0.15) is 0 Å². The minimum atomic E-state index is -3.84. The Kier molecular flexibility index (Phi) is 5.71. The number of fused-ring (bicyclic) bond motifs is 1. The molecule has 16 heavy (non-hydrogen) atoms. The van der Waals surface area contributed by atoms with E-state index in [4.69, 9.17) is 9.42 Å². The standard InChI is InChI=1S/C9H18N2O3S.Na/c10-15(12,13)14-11-6-5-8-3-1-2-4-9(8)7-11;/h8-9H,1-7H2,(H2,10,12,13);. The molecule has 5 nitrogen and oxygen atoms in total. The second-order valence-electron chi connectivity index (χ2n) is 4.55. The fraction of sp³-hybridized carbons (Fsp3) is 1.00. The van der Waals surface area contributed by atoms with E-state index in [-0.39, 0.29) is 29.6 Å². The molecule has 0 aromatic heterocycles. The molecule has 1 aliphatic heterocycles. The van der Waals surface area contributed by atoms with Gasteiger partial charge in [-0.25, -0.2) is 5.14 Å². The van der Waals surface area contributed by atoms with Crippen LogP contribution in [0.4, 0.5) is 0 Å². The van der Waals surface area contributed by atoms with E-state index in [9.17, 15) is 8.42 Å². The Labute approximate surface area is 119 Å². The molecule has 0 aromatic carbocycles. The van der Waals surface area contributed by atoms with E-state index < -0.39 is 10.3 Å². The Bertz CT molecular complexity index is 323. The van der Waals surface area contributed by atoms with Crippen molar-refractivity contribution >= 4 is 39.9 Å². The molecule has 2 atom stereocenters. The second-order valence-corrected chi connectivity index (χ2v) is 5.68. The Morgan fingerprint density at radius 1 is 1.12 bits per heavy atom. The Balaban J connectivity index is 0.00000128. The largest absolute Gasteiger partial charge is 0.349 e. The van der Waals surface area contributed by atoms with Crippen molar-refractivity contribution in [2.45, 2.75) is 32.1 Å². The van der Waals surface area contributed by atoms with Crippen molar-refractivity contribution in [2.75, 3.05) is 13.1 Å². The van der Waals surface area contributed by atoms with Crippen molar-refractivity contribution in [1.29, 1.82) is 0 Å². The van der Waals surface area contributed by atoms with Gasteiger partial charge in [0.2, 0.25) is 0 Å². The Morgan fingerprint density at radius 2 is 1.75 bits per heavy atom. The van der Waals surface area contributed by atoms with Gasteiger partial charge in [0.05, 0.1) is 0 Å². The summed E-state index contributed by atoms with van der Waals surface area (Å²) in [6.07, 6.45) is 6.07. The molecule has 0 bridgehead atoms. The quantitative estimate of drug-likeness (QED) is 0.720. The average Bonchev–Trinajstić information content (AvgIpc) is 2.15. The molecule has 0 aromatic rings. The summed E-state index contributed by atoms with van der Waals surface area (Å²) in [5.74, 6) is 1.35. The van der Waals surface area contributed by atoms with E-state index in [1.807, 2.05) is 0 Å². The van der Waals surface area contributed by atoms with Gasteiger partial charge in [-0.3, -0.25) is 0 Å². The third-order valence-electron chi connectivity index (χ3n) is 3.46. The van der Waals surface area contributed by atoms with Crippen LogP contribution in [0.5, 0.6) is 0 Å². The number of piperidine rings is 1. The van der Waals surface area contributed by atoms with E-state index in [0.717, 1.165) is 12.3 Å². The maximum absolute atomic E-state index is 10.8. The maximum atomic E-state index is 10.8. The fourth-order valence-electron chi connectivity index (χ4n) is 2.78. The predicted octanol–water partition coefficient (Wildman–Crippen LogP) is 0.253. The molecule has 1 saturated carbocycles. The molecule has 2 fully saturated rings. The van der Waals surface area contributed by atoms with E-state index in [1.54, 1.807) is 0 Å². The van der Waals surface area contributed by atoms with Gasteiger partial charge >= 0.3 is 10.3 Å². The van der Waals surface area contributed by atoms with Gasteiger partial charge in [-0.05, 0) is 24.7 Å². The maximum Gasteiger partial charge on any atom is 0.349 e. The summed E-state index contributed by atoms with van der Waals surface area (Å²) >= 11 is 0. The van der Waals surface area contributed by atoms with E-state index in [0.29, 0.717) is 19.0 Å². The first-order chi connectivity index (χ1) is 7.04. The van der Waals surface area contributed by atoms with Crippen LogP contribution >= 0.6 is 0 Å². The number of rotatable bonds is 2. The average molecular weight is 257 g/mol. The summed E-state index contributed by atoms with van der Waals surface area (Å²) in [6, 6.07) is 0. The van der Waals surface area contributed by atoms with Crippen molar-refractivity contribution < 1.29 is 12.7 Å². The third kappa shape index (κ3) is 4.25. The van der Waals surface area contributed by atoms with Gasteiger partial charge in [-0.1, -0.05) is 19.3 Å². The van der Waals surface area contributed by atoms with E-state index in [1.165, 1.54) is 30.7 Å². The zero-order chi connectivity index (χ0) is 10.9. The van der Waals surface area contributed by atoms with Crippen LogP contribution in [0, 0.1) is 11.8 Å². The minimum absolute atomic E-state index is 0. The van der Waals surface area contributed by atoms with E-state index in [2.05, 4.69) is 0 Å². The third-order valence-corrected chi connectivity index (χ3v) is 3.88. The van der Waals surface area contributed by atoms with Gasteiger partial charge in [-0.15, -0.1) is 0 Å². The van der Waals surface area contributed by atoms with Gasteiger partial charge in [0.15, 0.2) is 0 Å². The molecule has 89 valence electrons. The summed E-state index contributed by atoms with van der Waals surface area (Å²) in [6.45, 7) is 1.39. The van der Waals surface area contributed by atoms with Crippen molar-refractivity contribution in [3.63, 3.8) is 0 Å². The number of nitrogens with zero attached hydrogens (tertiary/aromatic N) is 1. The monoisotopic (exact) mass is 257 g/mol. The van der Waals surface area contributed by atoms with E-state index >= 15 is 0 Å². The van der Waals surface area contributed by atoms with Crippen LogP contribution < -0.4 is 5.14 Å². The van der Waals surface area contributed by atoms with Crippen LogP contribution in [-0.4, -0.2) is 56.1 Å².